The second-order valence-corrected chi connectivity index (χ2v) is 11.6. The van der Waals surface area contributed by atoms with Gasteiger partial charge in [-0.1, -0.05) is 53.0 Å². The van der Waals surface area contributed by atoms with Crippen LogP contribution in [0.5, 0.6) is 0 Å². The second kappa shape index (κ2) is 13.7. The molecule has 0 radical (unpaired) electrons. The predicted octanol–water partition coefficient (Wildman–Crippen LogP) is 7.70. The molecule has 0 unspecified atom stereocenters. The topological polar surface area (TPSA) is 77.8 Å². The molecule has 220 valence electrons. The molecule has 1 aliphatic rings. The van der Waals surface area contributed by atoms with Crippen molar-refractivity contribution in [2.24, 2.45) is 0 Å². The van der Waals surface area contributed by atoms with Crippen molar-refractivity contribution in [2.45, 2.75) is 6.92 Å². The largest absolute Gasteiger partial charge is 0.457 e. The van der Waals surface area contributed by atoms with Gasteiger partial charge < -0.3 is 19.5 Å². The van der Waals surface area contributed by atoms with Crippen molar-refractivity contribution in [2.75, 3.05) is 36.4 Å². The molecule has 4 aromatic rings. The van der Waals surface area contributed by atoms with Gasteiger partial charge in [0.15, 0.2) is 5.11 Å². The quantitative estimate of drug-likeness (QED) is 0.164. The normalized spacial score (nSPS) is 13.3. The Bertz CT molecular complexity index is 1690. The maximum Gasteiger partial charge on any atom is 0.254 e. The van der Waals surface area contributed by atoms with Gasteiger partial charge in [-0.3, -0.25) is 14.9 Å². The Balaban J connectivity index is 1.12. The summed E-state index contributed by atoms with van der Waals surface area (Å²) in [7, 11) is 0. The highest BCUT2D eigenvalue weighted by Gasteiger charge is 2.24. The van der Waals surface area contributed by atoms with Crippen molar-refractivity contribution < 1.29 is 14.0 Å². The van der Waals surface area contributed by atoms with Gasteiger partial charge in [0.05, 0.1) is 10.7 Å². The minimum atomic E-state index is -0.429. The van der Waals surface area contributed by atoms with Crippen LogP contribution < -0.4 is 15.5 Å². The Kier molecular flexibility index (Phi) is 9.72. The van der Waals surface area contributed by atoms with Crippen LogP contribution in [0.3, 0.4) is 0 Å². The summed E-state index contributed by atoms with van der Waals surface area (Å²) in [5.74, 6) is 0.662. The van der Waals surface area contributed by atoms with E-state index in [2.05, 4.69) is 15.5 Å². The molecule has 2 amide bonds. The molecule has 1 aliphatic heterocycles. The highest BCUT2D eigenvalue weighted by molar-refractivity contribution is 7.80. The zero-order chi connectivity index (χ0) is 30.5. The number of aryl methyl sites for hydroxylation is 1. The lowest BCUT2D eigenvalue weighted by atomic mass is 10.1. The standard InChI is InChI=1S/C32H27Cl3N4O3S/c1-20-4-2-3-5-26(20)31(41)39-14-12-38(13-15-39)28-9-6-24(19-27(28)35)36-32(43)37-30(40)11-8-25-7-10-29(42-25)21-16-22(33)18-23(34)17-21/h2-11,16-19H,12-15H2,1H3,(H2,36,37,40,43)/b11-8+. The van der Waals surface area contributed by atoms with Gasteiger partial charge in [0.25, 0.3) is 5.91 Å². The first-order valence-corrected chi connectivity index (χ1v) is 15.0. The molecule has 1 saturated heterocycles. The van der Waals surface area contributed by atoms with Gasteiger partial charge in [-0.25, -0.2) is 0 Å². The first-order chi connectivity index (χ1) is 20.7. The summed E-state index contributed by atoms with van der Waals surface area (Å²) in [5, 5.41) is 7.24. The third-order valence-electron chi connectivity index (χ3n) is 6.90. The summed E-state index contributed by atoms with van der Waals surface area (Å²) < 4.78 is 5.78. The minimum Gasteiger partial charge on any atom is -0.457 e. The fourth-order valence-electron chi connectivity index (χ4n) is 4.74. The summed E-state index contributed by atoms with van der Waals surface area (Å²) >= 11 is 24.1. The molecule has 2 heterocycles. The van der Waals surface area contributed by atoms with Gasteiger partial charge in [0, 0.05) is 59.1 Å². The first kappa shape index (κ1) is 30.6. The monoisotopic (exact) mass is 652 g/mol. The molecule has 0 saturated carbocycles. The van der Waals surface area contributed by atoms with Gasteiger partial charge in [-0.05, 0) is 85.4 Å². The molecule has 1 fully saturated rings. The number of carbonyl (C=O) groups excluding carboxylic acids is 2. The lowest BCUT2D eigenvalue weighted by molar-refractivity contribution is -0.115. The number of carbonyl (C=O) groups is 2. The van der Waals surface area contributed by atoms with Crippen LogP contribution in [0, 0.1) is 6.92 Å². The van der Waals surface area contributed by atoms with E-state index in [1.165, 1.54) is 12.2 Å². The van der Waals surface area contributed by atoms with Crippen molar-refractivity contribution in [3.05, 3.63) is 111 Å². The Labute approximate surface area is 270 Å². The van der Waals surface area contributed by atoms with Gasteiger partial charge >= 0.3 is 0 Å². The molecule has 5 rings (SSSR count). The lowest BCUT2D eigenvalue weighted by Gasteiger charge is -2.36. The fraction of sp³-hybridized carbons (Fsp3) is 0.156. The van der Waals surface area contributed by atoms with Crippen LogP contribution in [0.4, 0.5) is 11.4 Å². The number of hydrogen-bond acceptors (Lipinski definition) is 5. The first-order valence-electron chi connectivity index (χ1n) is 13.4. The van der Waals surface area contributed by atoms with Crippen LogP contribution in [-0.4, -0.2) is 48.0 Å². The molecule has 1 aromatic heterocycles. The Morgan fingerprint density at radius 3 is 2.33 bits per heavy atom. The highest BCUT2D eigenvalue weighted by atomic mass is 35.5. The number of hydrogen-bond donors (Lipinski definition) is 2. The second-order valence-electron chi connectivity index (χ2n) is 9.90. The molecular weight excluding hydrogens is 627 g/mol. The van der Waals surface area contributed by atoms with E-state index in [0.29, 0.717) is 58.5 Å². The number of anilines is 2. The van der Waals surface area contributed by atoms with E-state index in [0.717, 1.165) is 22.4 Å². The van der Waals surface area contributed by atoms with Crippen LogP contribution >= 0.6 is 47.0 Å². The summed E-state index contributed by atoms with van der Waals surface area (Å²) in [6.45, 7) is 4.47. The molecule has 2 N–H and O–H groups in total. The summed E-state index contributed by atoms with van der Waals surface area (Å²) in [6, 6.07) is 21.7. The van der Waals surface area contributed by atoms with E-state index >= 15 is 0 Å². The molecule has 0 bridgehead atoms. The number of halogens is 3. The Hall–Kier alpha value is -3.82. The van der Waals surface area contributed by atoms with Crippen molar-refractivity contribution in [3.8, 4) is 11.3 Å². The van der Waals surface area contributed by atoms with E-state index in [1.54, 1.807) is 36.4 Å². The third kappa shape index (κ3) is 7.77. The number of nitrogens with zero attached hydrogens (tertiary/aromatic N) is 2. The molecule has 3 aromatic carbocycles. The van der Waals surface area contributed by atoms with Crippen molar-refractivity contribution >= 4 is 81.4 Å². The van der Waals surface area contributed by atoms with E-state index in [-0.39, 0.29) is 11.0 Å². The lowest BCUT2D eigenvalue weighted by Crippen LogP contribution is -2.49. The smallest absolute Gasteiger partial charge is 0.254 e. The van der Waals surface area contributed by atoms with Gasteiger partial charge in [-0.15, -0.1) is 0 Å². The minimum absolute atomic E-state index is 0.0469. The summed E-state index contributed by atoms with van der Waals surface area (Å²) in [5.41, 5.74) is 3.93. The molecular formula is C32H27Cl3N4O3S. The van der Waals surface area contributed by atoms with E-state index in [9.17, 15) is 9.59 Å². The van der Waals surface area contributed by atoms with E-state index < -0.39 is 5.91 Å². The Morgan fingerprint density at radius 2 is 1.63 bits per heavy atom. The van der Waals surface area contributed by atoms with Crippen molar-refractivity contribution in [3.63, 3.8) is 0 Å². The predicted molar refractivity (Wildman–Crippen MR) is 178 cm³/mol. The zero-order valence-corrected chi connectivity index (χ0v) is 26.2. The Morgan fingerprint density at radius 1 is 0.907 bits per heavy atom. The number of furan rings is 1. The number of piperazine rings is 1. The van der Waals surface area contributed by atoms with Gasteiger partial charge in [0.1, 0.15) is 11.5 Å². The summed E-state index contributed by atoms with van der Waals surface area (Å²) in [4.78, 5) is 29.4. The summed E-state index contributed by atoms with van der Waals surface area (Å²) in [6.07, 6.45) is 2.86. The number of rotatable bonds is 6. The highest BCUT2D eigenvalue weighted by Crippen LogP contribution is 2.31. The van der Waals surface area contributed by atoms with E-state index in [4.69, 9.17) is 51.4 Å². The SMILES string of the molecule is Cc1ccccc1C(=O)N1CCN(c2ccc(NC(=S)NC(=O)/C=C/c3ccc(-c4cc(Cl)cc(Cl)c4)o3)cc2Cl)CC1. The van der Waals surface area contributed by atoms with Crippen molar-refractivity contribution in [1.29, 1.82) is 0 Å². The van der Waals surface area contributed by atoms with Crippen molar-refractivity contribution in [1.82, 2.24) is 10.2 Å². The maximum absolute atomic E-state index is 13.0. The molecule has 11 heteroatoms. The fourth-order valence-corrected chi connectivity index (χ4v) is 5.79. The molecule has 0 atom stereocenters. The van der Waals surface area contributed by atoms with Gasteiger partial charge in [0.2, 0.25) is 5.91 Å². The van der Waals surface area contributed by atoms with Crippen LogP contribution in [0.25, 0.3) is 17.4 Å². The van der Waals surface area contributed by atoms with Crippen LogP contribution in [-0.2, 0) is 4.79 Å². The van der Waals surface area contributed by atoms with Crippen LogP contribution in [0.2, 0.25) is 15.1 Å². The zero-order valence-electron chi connectivity index (χ0n) is 23.1. The maximum atomic E-state index is 13.0. The average Bonchev–Trinajstić information content (AvgIpc) is 3.45. The van der Waals surface area contributed by atoms with E-state index in [1.807, 2.05) is 48.2 Å². The molecule has 43 heavy (non-hydrogen) atoms. The number of benzene rings is 3. The number of nitrogens with one attached hydrogen (secondary N) is 2. The van der Waals surface area contributed by atoms with Gasteiger partial charge in [-0.2, -0.15) is 0 Å². The average molecular weight is 654 g/mol. The molecule has 7 nitrogen and oxygen atoms in total. The van der Waals surface area contributed by atoms with Crippen LogP contribution in [0.15, 0.2) is 83.3 Å². The number of thiocarbonyl (C=S) groups is 1. The third-order valence-corrected chi connectivity index (χ3v) is 7.84. The number of amides is 2. The molecule has 0 aliphatic carbocycles. The van der Waals surface area contributed by atoms with Crippen LogP contribution in [0.1, 0.15) is 21.7 Å². The molecule has 0 spiro atoms.